The molecule has 2 aromatic carbocycles. The minimum absolute atomic E-state index is 0.0380. The van der Waals surface area contributed by atoms with Crippen LogP contribution in [0.15, 0.2) is 47.6 Å². The van der Waals surface area contributed by atoms with E-state index in [9.17, 15) is 5.11 Å². The molecular formula is C18H20N2O3. The van der Waals surface area contributed by atoms with Crippen molar-refractivity contribution in [2.75, 3.05) is 13.7 Å². The zero-order valence-corrected chi connectivity index (χ0v) is 13.0. The van der Waals surface area contributed by atoms with Crippen LogP contribution in [-0.4, -0.2) is 30.6 Å². The van der Waals surface area contributed by atoms with E-state index in [2.05, 4.69) is 5.16 Å². The van der Waals surface area contributed by atoms with Crippen molar-refractivity contribution in [1.82, 2.24) is 0 Å². The molecule has 5 heteroatoms. The summed E-state index contributed by atoms with van der Waals surface area (Å²) in [4.78, 5) is 5.27. The molecule has 0 saturated carbocycles. The van der Waals surface area contributed by atoms with Crippen molar-refractivity contribution in [2.24, 2.45) is 10.9 Å². The van der Waals surface area contributed by atoms with Crippen LogP contribution in [0.3, 0.4) is 0 Å². The molecule has 1 unspecified atom stereocenters. The smallest absolute Gasteiger partial charge is 0.145 e. The molecule has 0 fully saturated rings. The van der Waals surface area contributed by atoms with Gasteiger partial charge >= 0.3 is 0 Å². The molecule has 2 aromatic rings. The fraction of sp³-hybridized carbons (Fsp3) is 0.278. The van der Waals surface area contributed by atoms with Gasteiger partial charge in [-0.2, -0.15) is 0 Å². The Hall–Kier alpha value is -2.37. The Labute approximate surface area is 135 Å². The third kappa shape index (κ3) is 3.21. The Balaban J connectivity index is 1.90. The number of ether oxygens (including phenoxy) is 1. The molecule has 0 aromatic heterocycles. The Bertz CT molecular complexity index is 711. The number of oxime groups is 1. The van der Waals surface area contributed by atoms with Gasteiger partial charge in [0.25, 0.3) is 0 Å². The molecule has 1 heterocycles. The molecule has 120 valence electrons. The summed E-state index contributed by atoms with van der Waals surface area (Å²) in [5.74, 6) is 0.807. The Morgan fingerprint density at radius 1 is 1.22 bits per heavy atom. The van der Waals surface area contributed by atoms with E-state index in [0.29, 0.717) is 13.0 Å². The van der Waals surface area contributed by atoms with Crippen molar-refractivity contribution in [1.29, 1.82) is 0 Å². The van der Waals surface area contributed by atoms with Gasteiger partial charge in [-0.05, 0) is 40.5 Å². The summed E-state index contributed by atoms with van der Waals surface area (Å²) >= 11 is 0. The molecule has 0 spiro atoms. The van der Waals surface area contributed by atoms with Crippen molar-refractivity contribution in [3.05, 3.63) is 53.6 Å². The molecular weight excluding hydrogens is 292 g/mol. The lowest BCUT2D eigenvalue weighted by molar-refractivity contribution is 0.0918. The summed E-state index contributed by atoms with van der Waals surface area (Å²) in [6, 6.07) is 13.7. The second-order valence-electron chi connectivity index (χ2n) is 5.46. The lowest BCUT2D eigenvalue weighted by Crippen LogP contribution is -2.20. The quantitative estimate of drug-likeness (QED) is 0.888. The number of rotatable bonds is 5. The third-order valence-corrected chi connectivity index (χ3v) is 4.01. The van der Waals surface area contributed by atoms with Crippen LogP contribution in [0, 0.1) is 0 Å². The van der Waals surface area contributed by atoms with E-state index >= 15 is 0 Å². The molecule has 1 aliphatic rings. The Morgan fingerprint density at radius 2 is 1.96 bits per heavy atom. The number of aliphatic hydroxyl groups is 1. The van der Waals surface area contributed by atoms with Gasteiger partial charge in [-0.3, -0.25) is 0 Å². The molecule has 23 heavy (non-hydrogen) atoms. The fourth-order valence-electron chi connectivity index (χ4n) is 2.68. The maximum Gasteiger partial charge on any atom is 0.145 e. The molecule has 1 aliphatic heterocycles. The maximum atomic E-state index is 9.73. The van der Waals surface area contributed by atoms with E-state index in [0.717, 1.165) is 33.7 Å². The summed E-state index contributed by atoms with van der Waals surface area (Å²) in [5, 5.41) is 13.8. The number of nitrogens with two attached hydrogens (primary N) is 1. The normalized spacial score (nSPS) is 16.8. The number of hydrogen-bond donors (Lipinski definition) is 2. The number of aliphatic hydroxyl groups excluding tert-OH is 1. The molecule has 3 rings (SSSR count). The highest BCUT2D eigenvalue weighted by Gasteiger charge is 2.21. The molecule has 0 aliphatic carbocycles. The SMILES string of the molecule is COc1ccc(-c2ccc(C3=NOC(CN)C3)cc2CO)cc1. The van der Waals surface area contributed by atoms with E-state index in [1.165, 1.54) is 0 Å². The van der Waals surface area contributed by atoms with Gasteiger partial charge in [0, 0.05) is 13.0 Å². The van der Waals surface area contributed by atoms with Gasteiger partial charge in [-0.25, -0.2) is 0 Å². The first-order valence-corrected chi connectivity index (χ1v) is 7.56. The lowest BCUT2D eigenvalue weighted by atomic mass is 9.95. The Kier molecular flexibility index (Phi) is 4.60. The third-order valence-electron chi connectivity index (χ3n) is 4.01. The van der Waals surface area contributed by atoms with Crippen LogP contribution in [0.25, 0.3) is 11.1 Å². The average Bonchev–Trinajstić information content (AvgIpc) is 3.10. The number of nitrogens with zero attached hydrogens (tertiary/aromatic N) is 1. The monoisotopic (exact) mass is 312 g/mol. The van der Waals surface area contributed by atoms with Gasteiger partial charge in [-0.15, -0.1) is 0 Å². The van der Waals surface area contributed by atoms with Gasteiger partial charge in [-0.1, -0.05) is 29.4 Å². The zero-order valence-electron chi connectivity index (χ0n) is 13.0. The number of benzene rings is 2. The fourth-order valence-corrected chi connectivity index (χ4v) is 2.68. The summed E-state index contributed by atoms with van der Waals surface area (Å²) < 4.78 is 5.18. The van der Waals surface area contributed by atoms with E-state index in [4.69, 9.17) is 15.3 Å². The molecule has 0 radical (unpaired) electrons. The molecule has 0 saturated heterocycles. The topological polar surface area (TPSA) is 77.1 Å². The van der Waals surface area contributed by atoms with Gasteiger partial charge in [0.15, 0.2) is 0 Å². The van der Waals surface area contributed by atoms with Crippen molar-refractivity contribution in [3.63, 3.8) is 0 Å². The van der Waals surface area contributed by atoms with Crippen LogP contribution in [-0.2, 0) is 11.4 Å². The standard InChI is InChI=1S/C18H20N2O3/c1-22-15-5-2-12(3-6-15)17-7-4-13(8-14(17)11-21)18-9-16(10-19)23-20-18/h2-8,16,21H,9-11,19H2,1H3. The highest BCUT2D eigenvalue weighted by Crippen LogP contribution is 2.28. The largest absolute Gasteiger partial charge is 0.497 e. The second kappa shape index (κ2) is 6.81. The van der Waals surface area contributed by atoms with Crippen molar-refractivity contribution >= 4 is 5.71 Å². The van der Waals surface area contributed by atoms with Crippen LogP contribution in [0.4, 0.5) is 0 Å². The summed E-state index contributed by atoms with van der Waals surface area (Å²) in [5.41, 5.74) is 10.3. The van der Waals surface area contributed by atoms with Crippen LogP contribution in [0.2, 0.25) is 0 Å². The first kappa shape index (κ1) is 15.5. The van der Waals surface area contributed by atoms with Crippen molar-refractivity contribution in [3.8, 4) is 16.9 Å². The first-order valence-electron chi connectivity index (χ1n) is 7.56. The van der Waals surface area contributed by atoms with Crippen molar-refractivity contribution in [2.45, 2.75) is 19.1 Å². The second-order valence-corrected chi connectivity index (χ2v) is 5.46. The van der Waals surface area contributed by atoms with Gasteiger partial charge in [0.05, 0.1) is 19.4 Å². The summed E-state index contributed by atoms with van der Waals surface area (Å²) in [6.45, 7) is 0.410. The molecule has 0 amide bonds. The first-order chi connectivity index (χ1) is 11.2. The van der Waals surface area contributed by atoms with Gasteiger partial charge in [0.1, 0.15) is 11.9 Å². The number of hydrogen-bond acceptors (Lipinski definition) is 5. The van der Waals surface area contributed by atoms with Crippen molar-refractivity contribution < 1.29 is 14.7 Å². The van der Waals surface area contributed by atoms with Crippen LogP contribution in [0.1, 0.15) is 17.5 Å². The van der Waals surface area contributed by atoms with E-state index in [-0.39, 0.29) is 12.7 Å². The predicted octanol–water partition coefficient (Wildman–Crippen LogP) is 2.31. The van der Waals surface area contributed by atoms with Crippen LogP contribution >= 0.6 is 0 Å². The maximum absolute atomic E-state index is 9.73. The molecule has 1 atom stereocenters. The highest BCUT2D eigenvalue weighted by atomic mass is 16.6. The van der Waals surface area contributed by atoms with E-state index in [1.54, 1.807) is 7.11 Å². The van der Waals surface area contributed by atoms with E-state index in [1.807, 2.05) is 42.5 Å². The van der Waals surface area contributed by atoms with Gasteiger partial charge < -0.3 is 20.4 Å². The van der Waals surface area contributed by atoms with Crippen LogP contribution < -0.4 is 10.5 Å². The van der Waals surface area contributed by atoms with Crippen LogP contribution in [0.5, 0.6) is 5.75 Å². The minimum atomic E-state index is -0.0520. The zero-order chi connectivity index (χ0) is 16.2. The Morgan fingerprint density at radius 3 is 2.57 bits per heavy atom. The van der Waals surface area contributed by atoms with E-state index < -0.39 is 0 Å². The summed E-state index contributed by atoms with van der Waals surface area (Å²) in [6.07, 6.45) is 0.646. The molecule has 5 nitrogen and oxygen atoms in total. The molecule has 3 N–H and O–H groups in total. The lowest BCUT2D eigenvalue weighted by Gasteiger charge is -2.11. The number of methoxy groups -OCH3 is 1. The highest BCUT2D eigenvalue weighted by molar-refractivity contribution is 6.01. The van der Waals surface area contributed by atoms with Gasteiger partial charge in [0.2, 0.25) is 0 Å². The summed E-state index contributed by atoms with van der Waals surface area (Å²) in [7, 11) is 1.64. The minimum Gasteiger partial charge on any atom is -0.497 e. The average molecular weight is 312 g/mol. The predicted molar refractivity (Wildman–Crippen MR) is 89.4 cm³/mol. The molecule has 0 bridgehead atoms.